The second kappa shape index (κ2) is 14.6. The van der Waals surface area contributed by atoms with Gasteiger partial charge in [-0.15, -0.1) is 11.3 Å². The molecule has 1 aliphatic rings. The van der Waals surface area contributed by atoms with Gasteiger partial charge in [-0.3, -0.25) is 9.59 Å². The molecule has 202 valence electrons. The Bertz CT molecular complexity index is 1210. The number of nitrogens with one attached hydrogen (secondary N) is 2. The monoisotopic (exact) mass is 552 g/mol. The summed E-state index contributed by atoms with van der Waals surface area (Å²) in [6.45, 7) is 9.67. The Morgan fingerprint density at radius 3 is 2.47 bits per heavy atom. The summed E-state index contributed by atoms with van der Waals surface area (Å²) in [4.78, 5) is 31.5. The third-order valence-electron chi connectivity index (χ3n) is 6.14. The van der Waals surface area contributed by atoms with Crippen molar-refractivity contribution in [2.24, 2.45) is 0 Å². The number of likely N-dealkylation sites (tertiary alicyclic amines) is 1. The van der Waals surface area contributed by atoms with Crippen LogP contribution >= 0.6 is 23.6 Å². The minimum Gasteiger partial charge on any atom is -0.465 e. The Hall–Kier alpha value is -3.30. The number of aryl methyl sites for hydroxylation is 1. The molecular formula is C29H36N4O3S2. The molecule has 7 nitrogen and oxygen atoms in total. The number of benzene rings is 1. The first-order chi connectivity index (χ1) is 18.4. The van der Waals surface area contributed by atoms with Crippen molar-refractivity contribution in [3.8, 4) is 0 Å². The number of carbonyl (C=O) groups excluding carboxylic acids is 2. The summed E-state index contributed by atoms with van der Waals surface area (Å²) in [5.41, 5.74) is 4.30. The van der Waals surface area contributed by atoms with Gasteiger partial charge in [0.2, 0.25) is 0 Å². The largest absolute Gasteiger partial charge is 0.465 e. The number of thiocarbonyl (C=S) groups is 1. The molecule has 1 aromatic carbocycles. The lowest BCUT2D eigenvalue weighted by atomic mass is 9.98. The maximum Gasteiger partial charge on any atom is 0.325 e. The maximum atomic E-state index is 13.2. The average Bonchev–Trinajstić information content (AvgIpc) is 3.42. The van der Waals surface area contributed by atoms with Crippen molar-refractivity contribution in [1.82, 2.24) is 20.5 Å². The summed E-state index contributed by atoms with van der Waals surface area (Å²) < 4.78 is 4.94. The number of ether oxygens (including phenoxy) is 1. The van der Waals surface area contributed by atoms with Crippen molar-refractivity contribution in [2.45, 2.75) is 46.5 Å². The molecule has 0 atom stereocenters. The van der Waals surface area contributed by atoms with Crippen LogP contribution in [-0.2, 0) is 9.53 Å². The first-order valence-corrected chi connectivity index (χ1v) is 14.2. The van der Waals surface area contributed by atoms with Gasteiger partial charge in [0.25, 0.3) is 5.91 Å². The standard InChI is InChI=1S/C29H36N4O3S2/c1-5-8-23(21-12-10-20(4)11-13-21)24(9-6-2)31-27(35)25-19-38-28(32-25)22-14-16-33(17-15-22)29(37)30-18-26(34)36-7-3/h5-6,8-13,19,22H,7,14-18H2,1-4H3,(H,30,37)(H,31,35)/b8-5-,9-6-,24-23-. The number of thiazole rings is 1. The molecule has 9 heteroatoms. The summed E-state index contributed by atoms with van der Waals surface area (Å²) in [6, 6.07) is 8.25. The zero-order valence-corrected chi connectivity index (χ0v) is 24.1. The molecule has 3 rings (SSSR count). The number of aromatic nitrogens is 1. The van der Waals surface area contributed by atoms with E-state index in [1.165, 1.54) is 16.9 Å². The van der Waals surface area contributed by atoms with Crippen LogP contribution in [0.4, 0.5) is 0 Å². The molecule has 2 N–H and O–H groups in total. The van der Waals surface area contributed by atoms with E-state index in [4.69, 9.17) is 21.9 Å². The third kappa shape index (κ3) is 8.10. The smallest absolute Gasteiger partial charge is 0.325 e. The van der Waals surface area contributed by atoms with Gasteiger partial charge in [0.1, 0.15) is 12.2 Å². The Morgan fingerprint density at radius 2 is 1.84 bits per heavy atom. The van der Waals surface area contributed by atoms with Crippen molar-refractivity contribution < 1.29 is 14.3 Å². The Labute approximate surface area is 234 Å². The van der Waals surface area contributed by atoms with Crippen LogP contribution in [0.15, 0.2) is 59.6 Å². The van der Waals surface area contributed by atoms with E-state index in [1.807, 2.05) is 43.5 Å². The summed E-state index contributed by atoms with van der Waals surface area (Å²) in [5, 5.41) is 9.40. The highest BCUT2D eigenvalue weighted by Gasteiger charge is 2.25. The summed E-state index contributed by atoms with van der Waals surface area (Å²) in [7, 11) is 0. The summed E-state index contributed by atoms with van der Waals surface area (Å²) >= 11 is 6.96. The molecule has 1 aromatic heterocycles. The molecule has 0 unspecified atom stereocenters. The number of rotatable bonds is 9. The van der Waals surface area contributed by atoms with Crippen LogP contribution < -0.4 is 10.6 Å². The van der Waals surface area contributed by atoms with Crippen LogP contribution in [0, 0.1) is 6.92 Å². The quantitative estimate of drug-likeness (QED) is 0.246. The van der Waals surface area contributed by atoms with Crippen LogP contribution in [0.25, 0.3) is 5.57 Å². The molecule has 0 spiro atoms. The molecule has 38 heavy (non-hydrogen) atoms. The maximum absolute atomic E-state index is 13.2. The number of hydrogen-bond acceptors (Lipinski definition) is 6. The van der Waals surface area contributed by atoms with Gasteiger partial charge in [-0.25, -0.2) is 4.98 Å². The third-order valence-corrected chi connectivity index (χ3v) is 7.55. The van der Waals surface area contributed by atoms with Crippen molar-refractivity contribution in [3.63, 3.8) is 0 Å². The molecule has 0 bridgehead atoms. The van der Waals surface area contributed by atoms with E-state index in [0.717, 1.165) is 47.8 Å². The first-order valence-electron chi connectivity index (χ1n) is 12.9. The Kier molecular flexibility index (Phi) is 11.2. The van der Waals surface area contributed by atoms with Gasteiger partial charge in [-0.05, 0) is 64.4 Å². The summed E-state index contributed by atoms with van der Waals surface area (Å²) in [6.07, 6.45) is 9.55. The minimum atomic E-state index is -0.317. The van der Waals surface area contributed by atoms with Crippen molar-refractivity contribution in [3.05, 3.63) is 81.5 Å². The molecule has 0 radical (unpaired) electrons. The van der Waals surface area contributed by atoms with Crippen LogP contribution in [0.2, 0.25) is 0 Å². The number of nitrogens with zero attached hydrogens (tertiary/aromatic N) is 2. The van der Waals surface area contributed by atoms with E-state index in [2.05, 4.69) is 46.7 Å². The molecule has 2 heterocycles. The first kappa shape index (κ1) is 29.3. The zero-order valence-electron chi connectivity index (χ0n) is 22.5. The highest BCUT2D eigenvalue weighted by atomic mass is 32.1. The summed E-state index contributed by atoms with van der Waals surface area (Å²) in [5.74, 6) is -0.277. The molecule has 0 saturated carbocycles. The highest BCUT2D eigenvalue weighted by molar-refractivity contribution is 7.80. The predicted octanol–water partition coefficient (Wildman–Crippen LogP) is 5.36. The number of amides is 1. The normalized spacial score (nSPS) is 15.0. The van der Waals surface area contributed by atoms with E-state index in [0.29, 0.717) is 17.4 Å². The van der Waals surface area contributed by atoms with Crippen LogP contribution in [-0.4, -0.2) is 53.1 Å². The van der Waals surface area contributed by atoms with Crippen molar-refractivity contribution in [2.75, 3.05) is 26.2 Å². The molecule has 2 aromatic rings. The molecule has 1 aliphatic heterocycles. The van der Waals surface area contributed by atoms with Gasteiger partial charge >= 0.3 is 5.97 Å². The molecule has 1 fully saturated rings. The number of piperidine rings is 1. The van der Waals surface area contributed by atoms with Crippen LogP contribution in [0.3, 0.4) is 0 Å². The fourth-order valence-corrected chi connectivity index (χ4v) is 5.40. The van der Waals surface area contributed by atoms with Gasteiger partial charge in [-0.1, -0.05) is 48.1 Å². The fourth-order valence-electron chi connectivity index (χ4n) is 4.17. The lowest BCUT2D eigenvalue weighted by molar-refractivity contribution is -0.141. The Balaban J connectivity index is 1.65. The van der Waals surface area contributed by atoms with E-state index >= 15 is 0 Å². The average molecular weight is 553 g/mol. The van der Waals surface area contributed by atoms with Crippen molar-refractivity contribution in [1.29, 1.82) is 0 Å². The zero-order chi connectivity index (χ0) is 27.5. The van der Waals surface area contributed by atoms with Gasteiger partial charge in [0.05, 0.1) is 11.6 Å². The number of hydrogen-bond donors (Lipinski definition) is 2. The van der Waals surface area contributed by atoms with E-state index < -0.39 is 0 Å². The number of allylic oxidation sites excluding steroid dienone is 5. The minimum absolute atomic E-state index is 0.0703. The topological polar surface area (TPSA) is 83.6 Å². The predicted molar refractivity (Wildman–Crippen MR) is 158 cm³/mol. The van der Waals surface area contributed by atoms with E-state index in [9.17, 15) is 9.59 Å². The van der Waals surface area contributed by atoms with Crippen LogP contribution in [0.1, 0.15) is 66.2 Å². The SMILES string of the molecule is C\C=C/C(NC(=O)c1csc(C2CCN(C(=S)NCC(=O)OCC)CC2)n1)=C(\C=C/C)c1ccc(C)cc1. The second-order valence-electron chi connectivity index (χ2n) is 8.94. The number of carbonyl (C=O) groups is 2. The van der Waals surface area contributed by atoms with E-state index in [1.54, 1.807) is 6.92 Å². The Morgan fingerprint density at radius 1 is 1.16 bits per heavy atom. The number of esters is 1. The lowest BCUT2D eigenvalue weighted by Gasteiger charge is -2.33. The van der Waals surface area contributed by atoms with Crippen LogP contribution in [0.5, 0.6) is 0 Å². The molecule has 1 saturated heterocycles. The molecule has 1 amide bonds. The van der Waals surface area contributed by atoms with Gasteiger partial charge in [0.15, 0.2) is 5.11 Å². The molecule has 0 aliphatic carbocycles. The van der Waals surface area contributed by atoms with Gasteiger partial charge < -0.3 is 20.3 Å². The van der Waals surface area contributed by atoms with Gasteiger partial charge in [-0.2, -0.15) is 0 Å². The fraction of sp³-hybridized carbons (Fsp3) is 0.379. The van der Waals surface area contributed by atoms with Gasteiger partial charge in [0, 0.05) is 35.7 Å². The molecular weight excluding hydrogens is 516 g/mol. The van der Waals surface area contributed by atoms with E-state index in [-0.39, 0.29) is 24.3 Å². The second-order valence-corrected chi connectivity index (χ2v) is 10.2. The highest BCUT2D eigenvalue weighted by Crippen LogP contribution is 2.30. The van der Waals surface area contributed by atoms with Crippen molar-refractivity contribution >= 4 is 46.1 Å². The lowest BCUT2D eigenvalue weighted by Crippen LogP contribution is -2.45.